The predicted molar refractivity (Wildman–Crippen MR) is 57.6 cm³/mol. The number of carbonyl (C=O) groups is 1. The summed E-state index contributed by atoms with van der Waals surface area (Å²) in [5.74, 6) is -4.14. The number of aromatic nitrogens is 2. The zero-order valence-electron chi connectivity index (χ0n) is 9.22. The van der Waals surface area contributed by atoms with Crippen molar-refractivity contribution in [1.29, 1.82) is 0 Å². The summed E-state index contributed by atoms with van der Waals surface area (Å²) in [5, 5.41) is 8.16. The van der Waals surface area contributed by atoms with E-state index in [0.29, 0.717) is 17.8 Å². The maximum absolute atomic E-state index is 13.3. The summed E-state index contributed by atoms with van der Waals surface area (Å²) >= 11 is 0. The fourth-order valence-electron chi connectivity index (χ4n) is 1.42. The lowest BCUT2D eigenvalue weighted by Crippen LogP contribution is -2.15. The summed E-state index contributed by atoms with van der Waals surface area (Å²) in [4.78, 5) is 11.7. The molecule has 94 valence electrons. The zero-order valence-corrected chi connectivity index (χ0v) is 9.22. The Bertz CT molecular complexity index is 586. The summed E-state index contributed by atoms with van der Waals surface area (Å²) in [5.41, 5.74) is -0.0875. The Morgan fingerprint density at radius 3 is 2.39 bits per heavy atom. The molecule has 0 saturated carbocycles. The first-order valence-corrected chi connectivity index (χ1v) is 4.95. The maximum Gasteiger partial charge on any atom is 0.259 e. The minimum absolute atomic E-state index is 0.151. The van der Waals surface area contributed by atoms with Gasteiger partial charge in [-0.2, -0.15) is 5.10 Å². The van der Waals surface area contributed by atoms with Crippen LogP contribution in [0.2, 0.25) is 0 Å². The smallest absolute Gasteiger partial charge is 0.259 e. The van der Waals surface area contributed by atoms with Crippen LogP contribution in [0.4, 0.5) is 18.9 Å². The number of anilines is 1. The van der Waals surface area contributed by atoms with E-state index in [4.69, 9.17) is 0 Å². The molecule has 0 aliphatic rings. The molecule has 1 amide bonds. The van der Waals surface area contributed by atoms with Gasteiger partial charge in [-0.3, -0.25) is 9.89 Å². The van der Waals surface area contributed by atoms with E-state index in [9.17, 15) is 18.0 Å². The minimum Gasteiger partial charge on any atom is -0.317 e. The molecule has 7 heteroatoms. The number of benzene rings is 1. The van der Waals surface area contributed by atoms with Gasteiger partial charge in [-0.15, -0.1) is 0 Å². The quantitative estimate of drug-likeness (QED) is 0.865. The van der Waals surface area contributed by atoms with Crippen LogP contribution in [0.15, 0.2) is 18.3 Å². The second-order valence-electron chi connectivity index (χ2n) is 3.61. The van der Waals surface area contributed by atoms with Gasteiger partial charge in [0.15, 0.2) is 11.6 Å². The van der Waals surface area contributed by atoms with Crippen molar-refractivity contribution in [3.05, 3.63) is 47.0 Å². The van der Waals surface area contributed by atoms with Crippen LogP contribution in [0, 0.1) is 24.4 Å². The lowest BCUT2D eigenvalue weighted by molar-refractivity contribution is 0.102. The molecule has 2 rings (SSSR count). The van der Waals surface area contributed by atoms with Crippen LogP contribution in [0.3, 0.4) is 0 Å². The highest BCUT2D eigenvalue weighted by Gasteiger charge is 2.17. The number of nitrogens with zero attached hydrogens (tertiary/aromatic N) is 1. The normalized spacial score (nSPS) is 10.4. The van der Waals surface area contributed by atoms with Crippen molar-refractivity contribution in [2.75, 3.05) is 5.32 Å². The molecule has 2 aromatic rings. The van der Waals surface area contributed by atoms with Gasteiger partial charge in [0, 0.05) is 17.8 Å². The number of hydrogen-bond acceptors (Lipinski definition) is 2. The molecule has 4 nitrogen and oxygen atoms in total. The van der Waals surface area contributed by atoms with E-state index in [2.05, 4.69) is 10.2 Å². The molecule has 2 N–H and O–H groups in total. The first kappa shape index (κ1) is 12.2. The van der Waals surface area contributed by atoms with Gasteiger partial charge < -0.3 is 5.32 Å². The molecule has 0 fully saturated rings. The Hall–Kier alpha value is -2.31. The molecule has 0 saturated heterocycles. The van der Waals surface area contributed by atoms with Crippen LogP contribution in [0.5, 0.6) is 0 Å². The zero-order chi connectivity index (χ0) is 13.3. The maximum atomic E-state index is 13.3. The SMILES string of the molecule is Cc1[nH]ncc1C(=O)Nc1c(F)cc(F)cc1F. The van der Waals surface area contributed by atoms with Crippen LogP contribution in [-0.4, -0.2) is 16.1 Å². The van der Waals surface area contributed by atoms with Gasteiger partial charge in [0.05, 0.1) is 11.8 Å². The number of halogens is 3. The van der Waals surface area contributed by atoms with Crippen molar-refractivity contribution < 1.29 is 18.0 Å². The molecule has 0 radical (unpaired) electrons. The van der Waals surface area contributed by atoms with E-state index in [0.717, 1.165) is 0 Å². The van der Waals surface area contributed by atoms with Gasteiger partial charge in [-0.25, -0.2) is 13.2 Å². The van der Waals surface area contributed by atoms with Crippen LogP contribution in [-0.2, 0) is 0 Å². The van der Waals surface area contributed by atoms with Crippen molar-refractivity contribution in [1.82, 2.24) is 10.2 Å². The predicted octanol–water partition coefficient (Wildman–Crippen LogP) is 2.39. The number of rotatable bonds is 2. The molecule has 0 bridgehead atoms. The van der Waals surface area contributed by atoms with Gasteiger partial charge in [-0.1, -0.05) is 0 Å². The first-order chi connectivity index (χ1) is 8.49. The molecule has 0 atom stereocenters. The monoisotopic (exact) mass is 255 g/mol. The van der Waals surface area contributed by atoms with Gasteiger partial charge in [0.25, 0.3) is 5.91 Å². The highest BCUT2D eigenvalue weighted by atomic mass is 19.1. The van der Waals surface area contributed by atoms with Gasteiger partial charge >= 0.3 is 0 Å². The van der Waals surface area contributed by atoms with Crippen molar-refractivity contribution in [3.8, 4) is 0 Å². The molecular formula is C11H8F3N3O. The highest BCUT2D eigenvalue weighted by Crippen LogP contribution is 2.21. The summed E-state index contributed by atoms with van der Waals surface area (Å²) in [7, 11) is 0. The van der Waals surface area contributed by atoms with Gasteiger partial charge in [0.1, 0.15) is 11.5 Å². The van der Waals surface area contributed by atoms with Crippen molar-refractivity contribution in [3.63, 3.8) is 0 Å². The average molecular weight is 255 g/mol. The Labute approximate surface area is 99.8 Å². The number of H-pyrrole nitrogens is 1. The Kier molecular flexibility index (Phi) is 3.05. The summed E-state index contributed by atoms with van der Waals surface area (Å²) in [6.07, 6.45) is 1.23. The van der Waals surface area contributed by atoms with E-state index < -0.39 is 29.0 Å². The van der Waals surface area contributed by atoms with E-state index in [-0.39, 0.29) is 5.56 Å². The molecule has 18 heavy (non-hydrogen) atoms. The van der Waals surface area contributed by atoms with E-state index in [1.165, 1.54) is 6.20 Å². The van der Waals surface area contributed by atoms with Crippen LogP contribution in [0.1, 0.15) is 16.1 Å². The Morgan fingerprint density at radius 1 is 1.28 bits per heavy atom. The molecule has 0 spiro atoms. The standard InChI is InChI=1S/C11H8F3N3O/c1-5-7(4-15-17-5)11(18)16-10-8(13)2-6(12)3-9(10)14/h2-4H,1H3,(H,15,17)(H,16,18). The Morgan fingerprint density at radius 2 is 1.89 bits per heavy atom. The molecular weight excluding hydrogens is 247 g/mol. The number of nitrogens with one attached hydrogen (secondary N) is 2. The molecule has 0 unspecified atom stereocenters. The van der Waals surface area contributed by atoms with Crippen molar-refractivity contribution in [2.24, 2.45) is 0 Å². The fraction of sp³-hybridized carbons (Fsp3) is 0.0909. The minimum atomic E-state index is -1.18. The third-order valence-corrected chi connectivity index (χ3v) is 2.32. The van der Waals surface area contributed by atoms with E-state index in [1.54, 1.807) is 6.92 Å². The summed E-state index contributed by atoms with van der Waals surface area (Å²) < 4.78 is 39.3. The lowest BCUT2D eigenvalue weighted by Gasteiger charge is -2.07. The van der Waals surface area contributed by atoms with Crippen LogP contribution in [0.25, 0.3) is 0 Å². The van der Waals surface area contributed by atoms with Gasteiger partial charge in [-0.05, 0) is 6.92 Å². The number of hydrogen-bond donors (Lipinski definition) is 2. The molecule has 1 aromatic carbocycles. The summed E-state index contributed by atoms with van der Waals surface area (Å²) in [6, 6.07) is 0.974. The first-order valence-electron chi connectivity index (χ1n) is 4.95. The third kappa shape index (κ3) is 2.20. The summed E-state index contributed by atoms with van der Waals surface area (Å²) in [6.45, 7) is 1.58. The largest absolute Gasteiger partial charge is 0.317 e. The molecule has 0 aliphatic heterocycles. The second-order valence-corrected chi connectivity index (χ2v) is 3.61. The van der Waals surface area contributed by atoms with Crippen molar-refractivity contribution >= 4 is 11.6 Å². The number of amides is 1. The molecule has 1 heterocycles. The Balaban J connectivity index is 2.31. The van der Waals surface area contributed by atoms with E-state index in [1.807, 2.05) is 5.32 Å². The van der Waals surface area contributed by atoms with Crippen molar-refractivity contribution in [2.45, 2.75) is 6.92 Å². The fourth-order valence-corrected chi connectivity index (χ4v) is 1.42. The average Bonchev–Trinajstić information content (AvgIpc) is 2.69. The highest BCUT2D eigenvalue weighted by molar-refractivity contribution is 6.04. The van der Waals surface area contributed by atoms with E-state index >= 15 is 0 Å². The lowest BCUT2D eigenvalue weighted by atomic mass is 10.2. The number of carbonyl (C=O) groups excluding carboxylic acids is 1. The molecule has 1 aromatic heterocycles. The number of aromatic amines is 1. The third-order valence-electron chi connectivity index (χ3n) is 2.32. The van der Waals surface area contributed by atoms with Crippen LogP contribution < -0.4 is 5.32 Å². The second kappa shape index (κ2) is 4.52. The molecule has 0 aliphatic carbocycles. The topological polar surface area (TPSA) is 57.8 Å². The number of aryl methyl sites for hydroxylation is 1. The van der Waals surface area contributed by atoms with Gasteiger partial charge in [0.2, 0.25) is 0 Å². The van der Waals surface area contributed by atoms with Crippen LogP contribution >= 0.6 is 0 Å².